The molecular formula is C11H15BrOS. The second-order valence-corrected chi connectivity index (χ2v) is 6.19. The molecule has 0 radical (unpaired) electrons. The van der Waals surface area contributed by atoms with Gasteiger partial charge in [-0.3, -0.25) is 4.79 Å². The predicted octanol–water partition coefficient (Wildman–Crippen LogP) is 4.06. The van der Waals surface area contributed by atoms with Crippen molar-refractivity contribution in [2.75, 3.05) is 0 Å². The number of halogens is 1. The van der Waals surface area contributed by atoms with Gasteiger partial charge in [0, 0.05) is 17.7 Å². The molecule has 1 aromatic rings. The standard InChI is InChI=1S/C11H15BrOS/c1-3-8(2)6-9(13)7-10-4-5-11(12)14-10/h4-5,8H,3,6-7H2,1-2H3. The molecular weight excluding hydrogens is 260 g/mol. The van der Waals surface area contributed by atoms with Gasteiger partial charge < -0.3 is 0 Å². The molecule has 1 unspecified atom stereocenters. The van der Waals surface area contributed by atoms with E-state index in [1.54, 1.807) is 11.3 Å². The van der Waals surface area contributed by atoms with Gasteiger partial charge in [-0.15, -0.1) is 11.3 Å². The highest BCUT2D eigenvalue weighted by Gasteiger charge is 2.09. The first-order valence-corrected chi connectivity index (χ1v) is 6.48. The Morgan fingerprint density at radius 2 is 2.29 bits per heavy atom. The van der Waals surface area contributed by atoms with Crippen LogP contribution in [0.15, 0.2) is 15.9 Å². The number of hydrogen-bond acceptors (Lipinski definition) is 2. The van der Waals surface area contributed by atoms with Crippen LogP contribution in [0, 0.1) is 5.92 Å². The zero-order valence-corrected chi connectivity index (χ0v) is 11.0. The topological polar surface area (TPSA) is 17.1 Å². The van der Waals surface area contributed by atoms with Gasteiger partial charge in [-0.05, 0) is 34.0 Å². The van der Waals surface area contributed by atoms with Crippen molar-refractivity contribution in [3.8, 4) is 0 Å². The van der Waals surface area contributed by atoms with Crippen LogP contribution in [0.5, 0.6) is 0 Å². The maximum atomic E-state index is 11.6. The fourth-order valence-electron chi connectivity index (χ4n) is 1.25. The molecule has 78 valence electrons. The summed E-state index contributed by atoms with van der Waals surface area (Å²) in [5.41, 5.74) is 0. The van der Waals surface area contributed by atoms with Crippen molar-refractivity contribution in [2.45, 2.75) is 33.1 Å². The summed E-state index contributed by atoms with van der Waals surface area (Å²) < 4.78 is 1.10. The Balaban J connectivity index is 2.41. The fourth-order valence-corrected chi connectivity index (χ4v) is 2.76. The summed E-state index contributed by atoms with van der Waals surface area (Å²) in [6.07, 6.45) is 2.40. The number of carbonyl (C=O) groups is 1. The summed E-state index contributed by atoms with van der Waals surface area (Å²) in [5, 5.41) is 0. The third kappa shape index (κ3) is 3.93. The molecule has 14 heavy (non-hydrogen) atoms. The van der Waals surface area contributed by atoms with E-state index >= 15 is 0 Å². The van der Waals surface area contributed by atoms with Gasteiger partial charge in [0.25, 0.3) is 0 Å². The van der Waals surface area contributed by atoms with Gasteiger partial charge in [0.2, 0.25) is 0 Å². The number of rotatable bonds is 5. The molecule has 0 aliphatic rings. The molecule has 0 spiro atoms. The Labute approximate surface area is 97.7 Å². The van der Waals surface area contributed by atoms with Crippen LogP contribution in [0.25, 0.3) is 0 Å². The summed E-state index contributed by atoms with van der Waals surface area (Å²) in [7, 11) is 0. The van der Waals surface area contributed by atoms with Crippen molar-refractivity contribution < 1.29 is 4.79 Å². The van der Waals surface area contributed by atoms with Gasteiger partial charge in [-0.2, -0.15) is 0 Å². The summed E-state index contributed by atoms with van der Waals surface area (Å²) >= 11 is 5.04. The molecule has 0 fully saturated rings. The highest BCUT2D eigenvalue weighted by molar-refractivity contribution is 9.11. The first kappa shape index (κ1) is 11.9. The third-order valence-electron chi connectivity index (χ3n) is 2.27. The largest absolute Gasteiger partial charge is 0.299 e. The Bertz CT molecular complexity index is 306. The molecule has 1 aromatic heterocycles. The fraction of sp³-hybridized carbons (Fsp3) is 0.545. The lowest BCUT2D eigenvalue weighted by Gasteiger charge is -2.05. The smallest absolute Gasteiger partial charge is 0.138 e. The van der Waals surface area contributed by atoms with E-state index in [2.05, 4.69) is 29.8 Å². The normalized spacial score (nSPS) is 12.8. The van der Waals surface area contributed by atoms with Gasteiger partial charge >= 0.3 is 0 Å². The van der Waals surface area contributed by atoms with Crippen LogP contribution >= 0.6 is 27.3 Å². The highest BCUT2D eigenvalue weighted by Crippen LogP contribution is 2.23. The number of ketones is 1. The number of Topliss-reactive ketones (excluding diaryl/α,β-unsaturated/α-hetero) is 1. The average Bonchev–Trinajstić information content (AvgIpc) is 2.50. The lowest BCUT2D eigenvalue weighted by Crippen LogP contribution is -2.06. The van der Waals surface area contributed by atoms with E-state index in [-0.39, 0.29) is 0 Å². The third-order valence-corrected chi connectivity index (χ3v) is 3.90. The van der Waals surface area contributed by atoms with E-state index in [0.29, 0.717) is 24.5 Å². The van der Waals surface area contributed by atoms with E-state index < -0.39 is 0 Å². The first-order chi connectivity index (χ1) is 6.61. The van der Waals surface area contributed by atoms with E-state index in [1.165, 1.54) is 0 Å². The zero-order valence-electron chi connectivity index (χ0n) is 8.55. The van der Waals surface area contributed by atoms with Gasteiger partial charge in [-0.1, -0.05) is 20.3 Å². The van der Waals surface area contributed by atoms with Gasteiger partial charge in [0.05, 0.1) is 3.79 Å². The van der Waals surface area contributed by atoms with Crippen LogP contribution in [-0.2, 0) is 11.2 Å². The summed E-state index contributed by atoms with van der Waals surface area (Å²) in [4.78, 5) is 12.7. The van der Waals surface area contributed by atoms with Crippen LogP contribution in [0.2, 0.25) is 0 Å². The minimum Gasteiger partial charge on any atom is -0.299 e. The van der Waals surface area contributed by atoms with E-state index in [0.717, 1.165) is 15.1 Å². The van der Waals surface area contributed by atoms with Gasteiger partial charge in [0.1, 0.15) is 5.78 Å². The molecule has 1 heterocycles. The average molecular weight is 275 g/mol. The lowest BCUT2D eigenvalue weighted by atomic mass is 10.0. The molecule has 0 aromatic carbocycles. The monoisotopic (exact) mass is 274 g/mol. The number of carbonyl (C=O) groups excluding carboxylic acids is 1. The minimum atomic E-state index is 0.355. The molecule has 1 rings (SSSR count). The SMILES string of the molecule is CCC(C)CC(=O)Cc1ccc(Br)s1. The molecule has 0 bridgehead atoms. The quantitative estimate of drug-likeness (QED) is 0.792. The van der Waals surface area contributed by atoms with Crippen molar-refractivity contribution in [1.29, 1.82) is 0 Å². The van der Waals surface area contributed by atoms with Crippen LogP contribution in [0.3, 0.4) is 0 Å². The molecule has 1 atom stereocenters. The van der Waals surface area contributed by atoms with Crippen LogP contribution in [0.4, 0.5) is 0 Å². The van der Waals surface area contributed by atoms with Crippen molar-refractivity contribution in [3.63, 3.8) is 0 Å². The van der Waals surface area contributed by atoms with E-state index in [9.17, 15) is 4.79 Å². The van der Waals surface area contributed by atoms with Crippen molar-refractivity contribution >= 4 is 33.0 Å². The van der Waals surface area contributed by atoms with Crippen molar-refractivity contribution in [3.05, 3.63) is 20.8 Å². The zero-order chi connectivity index (χ0) is 10.6. The van der Waals surface area contributed by atoms with Crippen LogP contribution in [0.1, 0.15) is 31.6 Å². The first-order valence-electron chi connectivity index (χ1n) is 4.87. The van der Waals surface area contributed by atoms with E-state index in [4.69, 9.17) is 0 Å². The van der Waals surface area contributed by atoms with Crippen LogP contribution < -0.4 is 0 Å². The molecule has 3 heteroatoms. The molecule has 0 aliphatic heterocycles. The lowest BCUT2D eigenvalue weighted by molar-refractivity contribution is -0.119. The number of thiophene rings is 1. The summed E-state index contributed by atoms with van der Waals surface area (Å²) in [6, 6.07) is 4.01. The van der Waals surface area contributed by atoms with Crippen LogP contribution in [-0.4, -0.2) is 5.78 Å². The summed E-state index contributed by atoms with van der Waals surface area (Å²) in [5.74, 6) is 0.875. The summed E-state index contributed by atoms with van der Waals surface area (Å²) in [6.45, 7) is 4.25. The molecule has 0 saturated carbocycles. The maximum absolute atomic E-state index is 11.6. The van der Waals surface area contributed by atoms with Gasteiger partial charge in [0.15, 0.2) is 0 Å². The Kier molecular flexibility index (Phi) is 4.82. The Hall–Kier alpha value is -0.150. The highest BCUT2D eigenvalue weighted by atomic mass is 79.9. The number of hydrogen-bond donors (Lipinski definition) is 0. The second-order valence-electron chi connectivity index (χ2n) is 3.64. The molecule has 0 N–H and O–H groups in total. The Morgan fingerprint density at radius 3 is 2.79 bits per heavy atom. The van der Waals surface area contributed by atoms with Crippen molar-refractivity contribution in [2.24, 2.45) is 5.92 Å². The molecule has 0 saturated heterocycles. The minimum absolute atomic E-state index is 0.355. The maximum Gasteiger partial charge on any atom is 0.138 e. The second kappa shape index (κ2) is 5.66. The molecule has 0 amide bonds. The molecule has 0 aliphatic carbocycles. The molecule has 1 nitrogen and oxygen atoms in total. The van der Waals surface area contributed by atoms with Gasteiger partial charge in [-0.25, -0.2) is 0 Å². The van der Waals surface area contributed by atoms with E-state index in [1.807, 2.05) is 12.1 Å². The Morgan fingerprint density at radius 1 is 1.57 bits per heavy atom. The predicted molar refractivity (Wildman–Crippen MR) is 64.8 cm³/mol. The van der Waals surface area contributed by atoms with Crippen molar-refractivity contribution in [1.82, 2.24) is 0 Å².